The average Bonchev–Trinajstić information content (AvgIpc) is 2.34. The van der Waals surface area contributed by atoms with Gasteiger partial charge in [-0.05, 0) is 50.9 Å². The highest BCUT2D eigenvalue weighted by atomic mass is 79.9. The van der Waals surface area contributed by atoms with E-state index in [1.165, 1.54) is 26.0 Å². The second kappa shape index (κ2) is 7.00. The molecule has 2 N–H and O–H groups in total. The standard InChI is InChI=1S/C14H19BBrF3O4/c1-12(2,20)13(3,4)23-15(21)11-6-5-10(7-9(11)8-16)22-14(17,18)19/h5-7,20-21H,8H2,1-4H3. The summed E-state index contributed by atoms with van der Waals surface area (Å²) < 4.78 is 46.1. The fourth-order valence-electron chi connectivity index (χ4n) is 1.62. The van der Waals surface area contributed by atoms with Gasteiger partial charge in [-0.3, -0.25) is 0 Å². The van der Waals surface area contributed by atoms with Gasteiger partial charge >= 0.3 is 13.5 Å². The molecular formula is C14H19BBrF3O4. The molecule has 130 valence electrons. The van der Waals surface area contributed by atoms with E-state index < -0.39 is 24.7 Å². The van der Waals surface area contributed by atoms with E-state index in [0.717, 1.165) is 6.07 Å². The Hall–Kier alpha value is -0.765. The summed E-state index contributed by atoms with van der Waals surface area (Å²) in [6, 6.07) is 3.56. The Morgan fingerprint density at radius 3 is 2.17 bits per heavy atom. The van der Waals surface area contributed by atoms with Crippen LogP contribution < -0.4 is 10.2 Å². The number of rotatable bonds is 6. The monoisotopic (exact) mass is 398 g/mol. The molecule has 0 unspecified atom stereocenters. The van der Waals surface area contributed by atoms with Gasteiger partial charge < -0.3 is 19.5 Å². The van der Waals surface area contributed by atoms with Crippen LogP contribution in [0.25, 0.3) is 0 Å². The van der Waals surface area contributed by atoms with Gasteiger partial charge in [0.15, 0.2) is 0 Å². The molecule has 9 heteroatoms. The summed E-state index contributed by atoms with van der Waals surface area (Å²) in [6.45, 7) is 6.27. The number of aliphatic hydroxyl groups is 1. The third kappa shape index (κ3) is 5.67. The molecular weight excluding hydrogens is 380 g/mol. The maximum atomic E-state index is 12.3. The zero-order valence-electron chi connectivity index (χ0n) is 13.2. The van der Waals surface area contributed by atoms with Gasteiger partial charge in [0, 0.05) is 5.33 Å². The number of alkyl halides is 4. The maximum absolute atomic E-state index is 12.3. The van der Waals surface area contributed by atoms with E-state index in [1.54, 1.807) is 13.8 Å². The minimum Gasteiger partial charge on any atom is -0.423 e. The number of halogens is 4. The molecule has 0 heterocycles. The average molecular weight is 399 g/mol. The Bertz CT molecular complexity index is 544. The van der Waals surface area contributed by atoms with Gasteiger partial charge in [0.1, 0.15) is 5.75 Å². The largest absolute Gasteiger partial charge is 0.573 e. The lowest BCUT2D eigenvalue weighted by molar-refractivity contribution is -0.274. The van der Waals surface area contributed by atoms with Crippen LogP contribution in [0, 0.1) is 0 Å². The molecule has 0 aliphatic rings. The lowest BCUT2D eigenvalue weighted by Gasteiger charge is -2.38. The first-order chi connectivity index (χ1) is 10.3. The van der Waals surface area contributed by atoms with Gasteiger partial charge in [-0.1, -0.05) is 22.0 Å². The highest BCUT2D eigenvalue weighted by molar-refractivity contribution is 9.08. The lowest BCUT2D eigenvalue weighted by Crippen LogP contribution is -2.53. The fourth-order valence-corrected chi connectivity index (χ4v) is 2.11. The Morgan fingerprint density at radius 1 is 1.17 bits per heavy atom. The Balaban J connectivity index is 3.04. The van der Waals surface area contributed by atoms with Crippen LogP contribution in [0.5, 0.6) is 5.75 Å². The van der Waals surface area contributed by atoms with Crippen LogP contribution in [0.4, 0.5) is 13.2 Å². The van der Waals surface area contributed by atoms with Crippen molar-refractivity contribution in [2.24, 2.45) is 0 Å². The van der Waals surface area contributed by atoms with Crippen molar-refractivity contribution in [1.82, 2.24) is 0 Å². The van der Waals surface area contributed by atoms with Crippen molar-refractivity contribution < 1.29 is 32.7 Å². The number of hydrogen-bond acceptors (Lipinski definition) is 4. The molecule has 1 aromatic carbocycles. The van der Waals surface area contributed by atoms with Crippen molar-refractivity contribution in [2.75, 3.05) is 0 Å². The van der Waals surface area contributed by atoms with Crippen LogP contribution in [0.2, 0.25) is 0 Å². The molecule has 0 saturated heterocycles. The summed E-state index contributed by atoms with van der Waals surface area (Å²) in [7, 11) is -1.41. The summed E-state index contributed by atoms with van der Waals surface area (Å²) in [4.78, 5) is 0. The topological polar surface area (TPSA) is 58.9 Å². The van der Waals surface area contributed by atoms with Gasteiger partial charge in [0.05, 0.1) is 11.2 Å². The molecule has 4 nitrogen and oxygen atoms in total. The van der Waals surface area contributed by atoms with E-state index in [0.29, 0.717) is 5.56 Å². The molecule has 0 atom stereocenters. The molecule has 1 rings (SSSR count). The van der Waals surface area contributed by atoms with E-state index in [-0.39, 0.29) is 16.5 Å². The Kier molecular flexibility index (Phi) is 6.18. The second-order valence-electron chi connectivity index (χ2n) is 6.08. The number of benzene rings is 1. The predicted octanol–water partition coefficient (Wildman–Crippen LogP) is 2.73. The van der Waals surface area contributed by atoms with Crippen molar-refractivity contribution in [2.45, 2.75) is 50.6 Å². The molecule has 23 heavy (non-hydrogen) atoms. The normalized spacial score (nSPS) is 13.1. The molecule has 0 fully saturated rings. The van der Waals surface area contributed by atoms with Crippen molar-refractivity contribution in [3.63, 3.8) is 0 Å². The van der Waals surface area contributed by atoms with E-state index in [2.05, 4.69) is 20.7 Å². The summed E-state index contributed by atoms with van der Waals surface area (Å²) in [5.41, 5.74) is -1.65. The zero-order chi connectivity index (χ0) is 18.1. The van der Waals surface area contributed by atoms with Crippen LogP contribution in [0.3, 0.4) is 0 Å². The Labute approximate surface area is 141 Å². The molecule has 0 bridgehead atoms. The van der Waals surface area contributed by atoms with Crippen molar-refractivity contribution in [3.05, 3.63) is 23.8 Å². The van der Waals surface area contributed by atoms with E-state index in [9.17, 15) is 23.3 Å². The molecule has 0 amide bonds. The third-order valence-corrected chi connectivity index (χ3v) is 4.24. The molecule has 0 aliphatic carbocycles. The van der Waals surface area contributed by atoms with Crippen LogP contribution in [0.15, 0.2) is 18.2 Å². The second-order valence-corrected chi connectivity index (χ2v) is 6.64. The number of hydrogen-bond donors (Lipinski definition) is 2. The highest BCUT2D eigenvalue weighted by Gasteiger charge is 2.40. The molecule has 0 aliphatic heterocycles. The third-order valence-electron chi connectivity index (χ3n) is 3.64. The Morgan fingerprint density at radius 2 is 1.74 bits per heavy atom. The quantitative estimate of drug-likeness (QED) is 0.571. The van der Waals surface area contributed by atoms with E-state index >= 15 is 0 Å². The first kappa shape index (κ1) is 20.3. The minimum absolute atomic E-state index is 0.195. The molecule has 0 radical (unpaired) electrons. The molecule has 0 aromatic heterocycles. The van der Waals surface area contributed by atoms with E-state index in [1.807, 2.05) is 0 Å². The SMILES string of the molecule is CC(C)(O)C(C)(C)OB(O)c1ccc(OC(F)(F)F)cc1CBr. The van der Waals surface area contributed by atoms with Gasteiger partial charge in [-0.15, -0.1) is 13.2 Å². The van der Waals surface area contributed by atoms with Gasteiger partial charge in [0.25, 0.3) is 0 Å². The summed E-state index contributed by atoms with van der Waals surface area (Å²) in [6.07, 6.45) is -4.79. The van der Waals surface area contributed by atoms with Gasteiger partial charge in [-0.25, -0.2) is 0 Å². The predicted molar refractivity (Wildman–Crippen MR) is 84.8 cm³/mol. The van der Waals surface area contributed by atoms with Gasteiger partial charge in [0.2, 0.25) is 0 Å². The molecule has 0 spiro atoms. The van der Waals surface area contributed by atoms with Crippen molar-refractivity contribution in [3.8, 4) is 5.75 Å². The summed E-state index contributed by atoms with van der Waals surface area (Å²) in [5, 5.41) is 20.5. The summed E-state index contributed by atoms with van der Waals surface area (Å²) in [5.74, 6) is -0.385. The van der Waals surface area contributed by atoms with Crippen molar-refractivity contribution >= 4 is 28.5 Å². The summed E-state index contributed by atoms with van der Waals surface area (Å²) >= 11 is 3.16. The van der Waals surface area contributed by atoms with E-state index in [4.69, 9.17) is 4.65 Å². The fraction of sp³-hybridized carbons (Fsp3) is 0.571. The van der Waals surface area contributed by atoms with Crippen LogP contribution in [0.1, 0.15) is 33.3 Å². The highest BCUT2D eigenvalue weighted by Crippen LogP contribution is 2.27. The zero-order valence-corrected chi connectivity index (χ0v) is 14.8. The molecule has 1 aromatic rings. The number of ether oxygens (including phenoxy) is 1. The molecule has 0 saturated carbocycles. The lowest BCUT2D eigenvalue weighted by atomic mass is 9.74. The van der Waals surface area contributed by atoms with Crippen LogP contribution in [-0.2, 0) is 9.98 Å². The minimum atomic E-state index is -4.79. The smallest absolute Gasteiger partial charge is 0.423 e. The first-order valence-corrected chi connectivity index (χ1v) is 7.92. The van der Waals surface area contributed by atoms with Crippen molar-refractivity contribution in [1.29, 1.82) is 0 Å². The first-order valence-electron chi connectivity index (χ1n) is 6.79. The maximum Gasteiger partial charge on any atom is 0.573 e. The van der Waals surface area contributed by atoms with Crippen LogP contribution >= 0.6 is 15.9 Å². The van der Waals surface area contributed by atoms with Crippen LogP contribution in [-0.4, -0.2) is 34.8 Å². The van der Waals surface area contributed by atoms with Gasteiger partial charge in [-0.2, -0.15) is 0 Å².